The van der Waals surface area contributed by atoms with E-state index in [1.165, 1.54) is 11.8 Å². The van der Waals surface area contributed by atoms with Crippen molar-refractivity contribution in [3.8, 4) is 0 Å². The van der Waals surface area contributed by atoms with E-state index in [4.69, 9.17) is 5.11 Å². The number of hydrogen-bond acceptors (Lipinski definition) is 3. The Hall–Kier alpha value is -1.06. The molecule has 0 fully saturated rings. The molecular weight excluding hydrogens is 220 g/mol. The molecule has 0 heterocycles. The van der Waals surface area contributed by atoms with E-state index in [1.807, 2.05) is 36.4 Å². The Kier molecular flexibility index (Phi) is 5.90. The largest absolute Gasteiger partial charge is 0.396 e. The molecule has 0 unspecified atom stereocenters. The monoisotopic (exact) mass is 236 g/mol. The first-order valence-electron chi connectivity index (χ1n) is 5.22. The van der Waals surface area contributed by atoms with Gasteiger partial charge < -0.3 is 5.11 Å². The van der Waals surface area contributed by atoms with E-state index in [0.29, 0.717) is 12.2 Å². The number of thioether (sulfide) groups is 1. The summed E-state index contributed by atoms with van der Waals surface area (Å²) in [5, 5.41) is 8.91. The summed E-state index contributed by atoms with van der Waals surface area (Å²) in [5.74, 6) is 0.716. The van der Waals surface area contributed by atoms with Crippen LogP contribution >= 0.6 is 11.8 Å². The molecular formula is C13H16O2S. The molecule has 0 aromatic heterocycles. The van der Waals surface area contributed by atoms with Crippen LogP contribution < -0.4 is 0 Å². The van der Waals surface area contributed by atoms with E-state index in [0.717, 1.165) is 11.1 Å². The maximum Gasteiger partial charge on any atom is 0.186 e. The van der Waals surface area contributed by atoms with E-state index >= 15 is 0 Å². The summed E-state index contributed by atoms with van der Waals surface area (Å²) in [4.78, 5) is 10.7. The number of hydrogen-bond donors (Lipinski definition) is 1. The fraction of sp³-hybridized carbons (Fsp3) is 0.308. The Balaban J connectivity index is 2.45. The van der Waals surface area contributed by atoms with Crippen LogP contribution in [-0.4, -0.2) is 22.6 Å². The third-order valence-electron chi connectivity index (χ3n) is 2.07. The molecule has 1 aromatic carbocycles. The van der Waals surface area contributed by atoms with Crippen LogP contribution in [0.5, 0.6) is 0 Å². The smallest absolute Gasteiger partial charge is 0.186 e. The molecule has 0 atom stereocenters. The van der Waals surface area contributed by atoms with Crippen LogP contribution in [0.25, 0.3) is 6.08 Å². The van der Waals surface area contributed by atoms with Gasteiger partial charge in [0.2, 0.25) is 0 Å². The maximum atomic E-state index is 10.7. The van der Waals surface area contributed by atoms with Crippen LogP contribution in [-0.2, 0) is 11.2 Å². The van der Waals surface area contributed by atoms with Crippen LogP contribution in [0, 0.1) is 0 Å². The minimum absolute atomic E-state index is 0.142. The second-order valence-electron chi connectivity index (χ2n) is 3.42. The number of rotatable bonds is 5. The van der Waals surface area contributed by atoms with Gasteiger partial charge in [0.15, 0.2) is 5.12 Å². The minimum atomic E-state index is 0.142. The summed E-state index contributed by atoms with van der Waals surface area (Å²) in [6.45, 7) is 1.76. The van der Waals surface area contributed by atoms with Crippen molar-refractivity contribution in [3.63, 3.8) is 0 Å². The zero-order valence-electron chi connectivity index (χ0n) is 9.35. The predicted molar refractivity (Wildman–Crippen MR) is 69.4 cm³/mol. The van der Waals surface area contributed by atoms with Crippen LogP contribution in [0.2, 0.25) is 0 Å². The van der Waals surface area contributed by atoms with Gasteiger partial charge >= 0.3 is 0 Å². The average molecular weight is 236 g/mol. The average Bonchev–Trinajstić information content (AvgIpc) is 2.27. The highest BCUT2D eigenvalue weighted by Crippen LogP contribution is 2.08. The van der Waals surface area contributed by atoms with Crippen molar-refractivity contribution < 1.29 is 9.90 Å². The molecule has 0 aliphatic rings. The Morgan fingerprint density at radius 3 is 2.62 bits per heavy atom. The molecule has 1 N–H and O–H groups in total. The summed E-state index contributed by atoms with van der Waals surface area (Å²) in [6, 6.07) is 8.04. The molecule has 1 rings (SSSR count). The fourth-order valence-corrected chi connectivity index (χ4v) is 1.70. The van der Waals surface area contributed by atoms with E-state index in [-0.39, 0.29) is 11.7 Å². The highest BCUT2D eigenvalue weighted by atomic mass is 32.2. The molecule has 16 heavy (non-hydrogen) atoms. The molecule has 0 aliphatic carbocycles. The van der Waals surface area contributed by atoms with Gasteiger partial charge in [0.1, 0.15) is 0 Å². The lowest BCUT2D eigenvalue weighted by Crippen LogP contribution is -1.89. The van der Waals surface area contributed by atoms with Crippen molar-refractivity contribution in [1.82, 2.24) is 0 Å². The fourth-order valence-electron chi connectivity index (χ4n) is 1.27. The van der Waals surface area contributed by atoms with E-state index < -0.39 is 0 Å². The number of carbonyl (C=O) groups excluding carboxylic acids is 1. The molecule has 3 heteroatoms. The SMILES string of the molecule is CC(=O)SCC=Cc1ccc(CCO)cc1. The zero-order chi connectivity index (χ0) is 11.8. The van der Waals surface area contributed by atoms with E-state index in [2.05, 4.69) is 0 Å². The normalized spacial score (nSPS) is 10.9. The topological polar surface area (TPSA) is 37.3 Å². The number of aliphatic hydroxyl groups is 1. The number of aliphatic hydroxyl groups excluding tert-OH is 1. The molecule has 0 amide bonds. The Morgan fingerprint density at radius 1 is 1.38 bits per heavy atom. The first-order chi connectivity index (χ1) is 7.72. The standard InChI is InChI=1S/C13H16O2S/c1-11(15)16-10-2-3-12-4-6-13(7-5-12)8-9-14/h2-7,14H,8-10H2,1H3. The third kappa shape index (κ3) is 5.14. The molecule has 0 bridgehead atoms. The van der Waals surface area contributed by atoms with Gasteiger partial charge in [-0.1, -0.05) is 48.2 Å². The minimum Gasteiger partial charge on any atom is -0.396 e. The molecule has 1 aromatic rings. The van der Waals surface area contributed by atoms with Gasteiger partial charge in [0.05, 0.1) is 0 Å². The van der Waals surface area contributed by atoms with Crippen molar-refractivity contribution in [2.45, 2.75) is 13.3 Å². The Morgan fingerprint density at radius 2 is 2.06 bits per heavy atom. The van der Waals surface area contributed by atoms with Crippen molar-refractivity contribution in [1.29, 1.82) is 0 Å². The molecule has 86 valence electrons. The molecule has 0 spiro atoms. The lowest BCUT2D eigenvalue weighted by Gasteiger charge is -1.98. The molecule has 0 aliphatic heterocycles. The molecule has 0 radical (unpaired) electrons. The third-order valence-corrected chi connectivity index (χ3v) is 2.84. The molecule has 2 nitrogen and oxygen atoms in total. The maximum absolute atomic E-state index is 10.7. The second-order valence-corrected chi connectivity index (χ2v) is 4.62. The van der Waals surface area contributed by atoms with Gasteiger partial charge in [-0.25, -0.2) is 0 Å². The number of carbonyl (C=O) groups is 1. The summed E-state index contributed by atoms with van der Waals surface area (Å²) in [6.07, 6.45) is 4.68. The summed E-state index contributed by atoms with van der Waals surface area (Å²) in [7, 11) is 0. The number of benzene rings is 1. The quantitative estimate of drug-likeness (QED) is 0.853. The van der Waals surface area contributed by atoms with Crippen molar-refractivity contribution in [2.24, 2.45) is 0 Å². The highest BCUT2D eigenvalue weighted by Gasteiger charge is 1.92. The van der Waals surface area contributed by atoms with Gasteiger partial charge in [-0.15, -0.1) is 0 Å². The lowest BCUT2D eigenvalue weighted by molar-refractivity contribution is -0.109. The zero-order valence-corrected chi connectivity index (χ0v) is 10.2. The van der Waals surface area contributed by atoms with Crippen molar-refractivity contribution in [3.05, 3.63) is 41.5 Å². The van der Waals surface area contributed by atoms with Gasteiger partial charge in [-0.3, -0.25) is 4.79 Å². The summed E-state index contributed by atoms with van der Waals surface area (Å²) < 4.78 is 0. The van der Waals surface area contributed by atoms with Crippen LogP contribution in [0.3, 0.4) is 0 Å². The van der Waals surface area contributed by atoms with Gasteiger partial charge in [-0.2, -0.15) is 0 Å². The van der Waals surface area contributed by atoms with Crippen molar-refractivity contribution in [2.75, 3.05) is 12.4 Å². The van der Waals surface area contributed by atoms with Crippen molar-refractivity contribution >= 4 is 23.0 Å². The Bertz CT molecular complexity index is 355. The van der Waals surface area contributed by atoms with Crippen LogP contribution in [0.4, 0.5) is 0 Å². The van der Waals surface area contributed by atoms with Gasteiger partial charge in [0, 0.05) is 19.3 Å². The highest BCUT2D eigenvalue weighted by molar-refractivity contribution is 8.13. The molecule has 0 saturated heterocycles. The first-order valence-corrected chi connectivity index (χ1v) is 6.20. The second kappa shape index (κ2) is 7.25. The van der Waals surface area contributed by atoms with Crippen LogP contribution in [0.1, 0.15) is 18.1 Å². The summed E-state index contributed by atoms with van der Waals surface area (Å²) in [5.41, 5.74) is 2.25. The lowest BCUT2D eigenvalue weighted by atomic mass is 10.1. The summed E-state index contributed by atoms with van der Waals surface area (Å²) >= 11 is 1.30. The first kappa shape index (κ1) is 13.0. The van der Waals surface area contributed by atoms with Gasteiger partial charge in [-0.05, 0) is 17.5 Å². The van der Waals surface area contributed by atoms with E-state index in [9.17, 15) is 4.79 Å². The van der Waals surface area contributed by atoms with Crippen LogP contribution in [0.15, 0.2) is 30.3 Å². The Labute approximate surface area is 100 Å². The van der Waals surface area contributed by atoms with Gasteiger partial charge in [0.25, 0.3) is 0 Å². The molecule has 0 saturated carbocycles. The van der Waals surface area contributed by atoms with E-state index in [1.54, 1.807) is 6.92 Å². The predicted octanol–water partition coefficient (Wildman–Crippen LogP) is 2.51.